The Labute approximate surface area is 135 Å². The van der Waals surface area contributed by atoms with E-state index in [-0.39, 0.29) is 10.6 Å². The molecule has 2 aromatic carbocycles. The normalized spacial score (nSPS) is 11.5. The van der Waals surface area contributed by atoms with Gasteiger partial charge in [0.05, 0.1) is 11.2 Å². The van der Waals surface area contributed by atoms with Crippen molar-refractivity contribution in [3.8, 4) is 0 Å². The van der Waals surface area contributed by atoms with Crippen molar-refractivity contribution in [3.63, 3.8) is 0 Å². The lowest BCUT2D eigenvalue weighted by molar-refractivity contribution is 0.599. The van der Waals surface area contributed by atoms with Crippen LogP contribution in [-0.4, -0.2) is 13.4 Å². The number of hydrogen-bond donors (Lipinski definition) is 1. The fraction of sp³-hybridized carbons (Fsp3) is 0. The molecule has 0 aliphatic heterocycles. The van der Waals surface area contributed by atoms with E-state index >= 15 is 0 Å². The van der Waals surface area contributed by atoms with Crippen LogP contribution in [0.1, 0.15) is 0 Å². The van der Waals surface area contributed by atoms with Crippen molar-refractivity contribution in [1.29, 1.82) is 0 Å². The third kappa shape index (κ3) is 2.69. The van der Waals surface area contributed by atoms with Gasteiger partial charge in [-0.2, -0.15) is 0 Å². The Balaban J connectivity index is 2.14. The van der Waals surface area contributed by atoms with Gasteiger partial charge in [0, 0.05) is 16.1 Å². The summed E-state index contributed by atoms with van der Waals surface area (Å²) in [5, 5.41) is 0.693. The van der Waals surface area contributed by atoms with Gasteiger partial charge in [0.2, 0.25) is 0 Å². The summed E-state index contributed by atoms with van der Waals surface area (Å²) in [6.07, 6.45) is 1.51. The van der Waals surface area contributed by atoms with Gasteiger partial charge in [0.15, 0.2) is 0 Å². The maximum atomic E-state index is 13.8. The minimum atomic E-state index is -3.97. The molecule has 0 bridgehead atoms. The first-order valence-electron chi connectivity index (χ1n) is 6.29. The number of fused-ring (bicyclic) bond motifs is 1. The third-order valence-electron chi connectivity index (χ3n) is 3.08. The average molecular weight is 381 g/mol. The van der Waals surface area contributed by atoms with Crippen molar-refractivity contribution < 1.29 is 12.8 Å². The summed E-state index contributed by atoms with van der Waals surface area (Å²) in [4.78, 5) is 4.11. The molecule has 0 saturated heterocycles. The molecular weight excluding hydrogens is 371 g/mol. The van der Waals surface area contributed by atoms with Crippen LogP contribution < -0.4 is 4.72 Å². The van der Waals surface area contributed by atoms with Gasteiger partial charge in [0.25, 0.3) is 10.0 Å². The Morgan fingerprint density at radius 1 is 1.05 bits per heavy atom. The molecule has 0 aliphatic rings. The zero-order valence-corrected chi connectivity index (χ0v) is 13.5. The molecule has 0 spiro atoms. The standard InChI is InChI=1S/C15H10BrFN2O2S/c16-11-6-2-7-12(17)15(11)19-22(20,21)13-8-1-4-10-5-3-9-18-14(10)13/h1-9,19H. The number of halogens is 2. The minimum absolute atomic E-state index is 0.000697. The molecule has 112 valence electrons. The number of nitrogens with zero attached hydrogens (tertiary/aromatic N) is 1. The number of sulfonamides is 1. The number of aromatic nitrogens is 1. The van der Waals surface area contributed by atoms with E-state index in [4.69, 9.17) is 0 Å². The van der Waals surface area contributed by atoms with E-state index in [0.29, 0.717) is 15.4 Å². The second kappa shape index (κ2) is 5.66. The van der Waals surface area contributed by atoms with Gasteiger partial charge in [-0.25, -0.2) is 12.8 Å². The number of pyridine rings is 1. The lowest BCUT2D eigenvalue weighted by Gasteiger charge is -2.12. The Bertz CT molecular complexity index is 935. The van der Waals surface area contributed by atoms with E-state index in [2.05, 4.69) is 25.6 Å². The molecule has 1 heterocycles. The monoisotopic (exact) mass is 380 g/mol. The molecule has 0 amide bonds. The van der Waals surface area contributed by atoms with E-state index in [0.717, 1.165) is 0 Å². The average Bonchev–Trinajstić information content (AvgIpc) is 2.50. The zero-order valence-electron chi connectivity index (χ0n) is 11.1. The molecule has 7 heteroatoms. The van der Waals surface area contributed by atoms with Crippen LogP contribution in [0.5, 0.6) is 0 Å². The highest BCUT2D eigenvalue weighted by atomic mass is 79.9. The van der Waals surface area contributed by atoms with Gasteiger partial charge in [-0.1, -0.05) is 24.3 Å². The second-order valence-corrected chi connectivity index (χ2v) is 7.04. The van der Waals surface area contributed by atoms with Gasteiger partial charge in [-0.05, 0) is 40.2 Å². The zero-order chi connectivity index (χ0) is 15.7. The van der Waals surface area contributed by atoms with E-state index in [9.17, 15) is 12.8 Å². The lowest BCUT2D eigenvalue weighted by atomic mass is 10.2. The lowest BCUT2D eigenvalue weighted by Crippen LogP contribution is -2.15. The van der Waals surface area contributed by atoms with Gasteiger partial charge in [-0.3, -0.25) is 9.71 Å². The number of anilines is 1. The fourth-order valence-corrected chi connectivity index (χ4v) is 3.92. The molecule has 4 nitrogen and oxygen atoms in total. The number of rotatable bonds is 3. The Morgan fingerprint density at radius 3 is 2.55 bits per heavy atom. The predicted molar refractivity (Wildman–Crippen MR) is 86.7 cm³/mol. The number of hydrogen-bond acceptors (Lipinski definition) is 3. The smallest absolute Gasteiger partial charge is 0.264 e. The highest BCUT2D eigenvalue weighted by Gasteiger charge is 2.21. The highest BCUT2D eigenvalue weighted by Crippen LogP contribution is 2.29. The van der Waals surface area contributed by atoms with E-state index in [1.165, 1.54) is 24.4 Å². The highest BCUT2D eigenvalue weighted by molar-refractivity contribution is 9.10. The van der Waals surface area contributed by atoms with Gasteiger partial charge in [0.1, 0.15) is 10.7 Å². The van der Waals surface area contributed by atoms with Gasteiger partial charge < -0.3 is 0 Å². The van der Waals surface area contributed by atoms with Crippen molar-refractivity contribution in [2.45, 2.75) is 4.90 Å². The molecule has 3 aromatic rings. The van der Waals surface area contributed by atoms with Crippen LogP contribution in [0.4, 0.5) is 10.1 Å². The summed E-state index contributed by atoms with van der Waals surface area (Å²) in [5.74, 6) is -0.661. The van der Waals surface area contributed by atoms with Crippen LogP contribution in [0.2, 0.25) is 0 Å². The summed E-state index contributed by atoms with van der Waals surface area (Å²) in [7, 11) is -3.97. The van der Waals surface area contributed by atoms with Crippen LogP contribution in [0, 0.1) is 5.82 Å². The van der Waals surface area contributed by atoms with Crippen LogP contribution in [0.3, 0.4) is 0 Å². The molecule has 1 N–H and O–H groups in total. The number of benzene rings is 2. The predicted octanol–water partition coefficient (Wildman–Crippen LogP) is 3.94. The molecule has 1 aromatic heterocycles. The SMILES string of the molecule is O=S(=O)(Nc1c(F)cccc1Br)c1cccc2cccnc12. The molecule has 0 radical (unpaired) electrons. The van der Waals surface area contributed by atoms with Crippen molar-refractivity contribution in [2.24, 2.45) is 0 Å². The summed E-state index contributed by atoms with van der Waals surface area (Å²) < 4.78 is 41.6. The van der Waals surface area contributed by atoms with Crippen LogP contribution in [-0.2, 0) is 10.0 Å². The van der Waals surface area contributed by atoms with Crippen molar-refractivity contribution >= 4 is 42.5 Å². The minimum Gasteiger partial charge on any atom is -0.275 e. The summed E-state index contributed by atoms with van der Waals surface area (Å²) >= 11 is 3.14. The first-order valence-corrected chi connectivity index (χ1v) is 8.57. The molecule has 0 fully saturated rings. The maximum Gasteiger partial charge on any atom is 0.264 e. The van der Waals surface area contributed by atoms with Crippen LogP contribution >= 0.6 is 15.9 Å². The number of nitrogens with one attached hydrogen (secondary N) is 1. The summed E-state index contributed by atoms with van der Waals surface area (Å²) in [6, 6.07) is 12.5. The summed E-state index contributed by atoms with van der Waals surface area (Å²) in [6.45, 7) is 0. The van der Waals surface area contributed by atoms with Crippen molar-refractivity contribution in [1.82, 2.24) is 4.98 Å². The quantitative estimate of drug-likeness (QED) is 0.748. The van der Waals surface area contributed by atoms with Crippen molar-refractivity contribution in [2.75, 3.05) is 4.72 Å². The van der Waals surface area contributed by atoms with Crippen LogP contribution in [0.25, 0.3) is 10.9 Å². The molecule has 22 heavy (non-hydrogen) atoms. The topological polar surface area (TPSA) is 59.1 Å². The van der Waals surface area contributed by atoms with E-state index < -0.39 is 15.8 Å². The largest absolute Gasteiger partial charge is 0.275 e. The molecule has 3 rings (SSSR count). The molecule has 0 aliphatic carbocycles. The molecule has 0 atom stereocenters. The number of para-hydroxylation sites is 2. The fourth-order valence-electron chi connectivity index (χ4n) is 2.08. The second-order valence-electron chi connectivity index (χ2n) is 4.53. The Morgan fingerprint density at radius 2 is 1.77 bits per heavy atom. The van der Waals surface area contributed by atoms with E-state index in [1.807, 2.05) is 0 Å². The first-order chi connectivity index (χ1) is 10.5. The molecule has 0 unspecified atom stereocenters. The Hall–Kier alpha value is -1.99. The van der Waals surface area contributed by atoms with E-state index in [1.54, 1.807) is 30.3 Å². The Kier molecular flexibility index (Phi) is 3.84. The summed E-state index contributed by atoms with van der Waals surface area (Å²) in [5.41, 5.74) is 0.209. The third-order valence-corrected chi connectivity index (χ3v) is 5.13. The van der Waals surface area contributed by atoms with Gasteiger partial charge in [-0.15, -0.1) is 0 Å². The molecule has 0 saturated carbocycles. The first kappa shape index (κ1) is 14.9. The van der Waals surface area contributed by atoms with Crippen LogP contribution in [0.15, 0.2) is 64.1 Å². The van der Waals surface area contributed by atoms with Gasteiger partial charge >= 0.3 is 0 Å². The maximum absolute atomic E-state index is 13.8. The molecular formula is C15H10BrFN2O2S. The van der Waals surface area contributed by atoms with Crippen molar-refractivity contribution in [3.05, 3.63) is 65.0 Å².